The molecule has 9 nitrogen and oxygen atoms in total. The minimum atomic E-state index is -0.645. The molecule has 2 aromatic rings. The summed E-state index contributed by atoms with van der Waals surface area (Å²) in [6, 6.07) is 14.3. The second-order valence-corrected chi connectivity index (χ2v) is 10.5. The third-order valence-electron chi connectivity index (χ3n) is 7.06. The number of carbonyl (C=O) groups excluding carboxylic acids is 2. The van der Waals surface area contributed by atoms with Crippen LogP contribution in [0.4, 0.5) is 0 Å². The van der Waals surface area contributed by atoms with Gasteiger partial charge in [0.25, 0.3) is 0 Å². The standard InChI is InChI=1S/C30H33N3O6S/c1-19-27(29(35)39-17-20-8-5-4-6-9-20)28(24-15-22(36-2)11-12-25(24)37-3)33-21(18-40-30(33)32-19)14-26(34)31-16-23-10-7-13-38-23/h4-6,8-9,11-12,15,18,23,28H,7,10,13-14,16-17H2,1-3H3,(H,31,34). The van der Waals surface area contributed by atoms with Gasteiger partial charge in [-0.05, 0) is 48.9 Å². The number of thioether (sulfide) groups is 1. The van der Waals surface area contributed by atoms with Crippen molar-refractivity contribution >= 4 is 28.8 Å². The van der Waals surface area contributed by atoms with Gasteiger partial charge in [-0.25, -0.2) is 9.79 Å². The molecule has 1 N–H and O–H groups in total. The van der Waals surface area contributed by atoms with Crippen molar-refractivity contribution in [3.8, 4) is 11.5 Å². The summed E-state index contributed by atoms with van der Waals surface area (Å²) >= 11 is 1.42. The lowest BCUT2D eigenvalue weighted by Crippen LogP contribution is -2.39. The number of fused-ring (bicyclic) bond motifs is 1. The predicted octanol–water partition coefficient (Wildman–Crippen LogP) is 4.71. The molecule has 5 rings (SSSR count). The Morgan fingerprint density at radius 1 is 1.15 bits per heavy atom. The molecule has 2 atom stereocenters. The van der Waals surface area contributed by atoms with Gasteiger partial charge in [-0.3, -0.25) is 4.79 Å². The van der Waals surface area contributed by atoms with Crippen LogP contribution in [0.15, 0.2) is 75.9 Å². The molecule has 3 aliphatic heterocycles. The highest BCUT2D eigenvalue weighted by molar-refractivity contribution is 8.16. The van der Waals surface area contributed by atoms with Crippen molar-refractivity contribution in [1.82, 2.24) is 10.2 Å². The Kier molecular flexibility index (Phi) is 8.76. The number of aliphatic imine (C=N–C) groups is 1. The molecule has 3 heterocycles. The molecule has 1 fully saturated rings. The summed E-state index contributed by atoms with van der Waals surface area (Å²) in [6.45, 7) is 3.13. The first-order chi connectivity index (χ1) is 19.5. The van der Waals surface area contributed by atoms with E-state index in [0.29, 0.717) is 40.0 Å². The normalized spacial score (nSPS) is 20.0. The minimum absolute atomic E-state index is 0.0494. The number of hydrogen-bond donors (Lipinski definition) is 1. The number of rotatable bonds is 10. The first kappa shape index (κ1) is 27.8. The van der Waals surface area contributed by atoms with Gasteiger partial charge in [-0.15, -0.1) is 0 Å². The van der Waals surface area contributed by atoms with Crippen molar-refractivity contribution in [3.05, 3.63) is 82.0 Å². The Labute approximate surface area is 238 Å². The number of ether oxygens (including phenoxy) is 4. The lowest BCUT2D eigenvalue weighted by atomic mass is 9.92. The smallest absolute Gasteiger partial charge is 0.338 e. The monoisotopic (exact) mass is 563 g/mol. The number of amides is 1. The largest absolute Gasteiger partial charge is 0.497 e. The van der Waals surface area contributed by atoms with Crippen molar-refractivity contribution in [1.29, 1.82) is 0 Å². The summed E-state index contributed by atoms with van der Waals surface area (Å²) in [4.78, 5) is 33.4. The summed E-state index contributed by atoms with van der Waals surface area (Å²) in [5.74, 6) is 0.575. The number of nitrogens with zero attached hydrogens (tertiary/aromatic N) is 2. The van der Waals surface area contributed by atoms with Crippen molar-refractivity contribution in [3.63, 3.8) is 0 Å². The van der Waals surface area contributed by atoms with Crippen LogP contribution in [0.2, 0.25) is 0 Å². The molecule has 0 spiro atoms. The van der Waals surface area contributed by atoms with Crippen LogP contribution >= 0.6 is 11.8 Å². The van der Waals surface area contributed by atoms with E-state index in [1.807, 2.05) is 52.8 Å². The van der Waals surface area contributed by atoms with Gasteiger partial charge in [0.05, 0.1) is 44.1 Å². The van der Waals surface area contributed by atoms with Gasteiger partial charge in [-0.1, -0.05) is 42.1 Å². The maximum Gasteiger partial charge on any atom is 0.338 e. The van der Waals surface area contributed by atoms with Crippen LogP contribution in [0.5, 0.6) is 11.5 Å². The van der Waals surface area contributed by atoms with Crippen molar-refractivity contribution in [2.45, 2.75) is 44.9 Å². The number of amidine groups is 1. The van der Waals surface area contributed by atoms with Crippen LogP contribution in [-0.4, -0.2) is 55.4 Å². The Morgan fingerprint density at radius 2 is 1.98 bits per heavy atom. The fourth-order valence-corrected chi connectivity index (χ4v) is 6.00. The maximum absolute atomic E-state index is 13.7. The van der Waals surface area contributed by atoms with Crippen LogP contribution < -0.4 is 14.8 Å². The molecular weight excluding hydrogens is 530 g/mol. The Hall–Kier alpha value is -3.76. The van der Waals surface area contributed by atoms with E-state index in [0.717, 1.165) is 30.7 Å². The average Bonchev–Trinajstić information content (AvgIpc) is 3.64. The fraction of sp³-hybridized carbons (Fsp3) is 0.367. The Balaban J connectivity index is 1.46. The zero-order valence-corrected chi connectivity index (χ0v) is 23.7. The van der Waals surface area contributed by atoms with E-state index in [9.17, 15) is 9.59 Å². The van der Waals surface area contributed by atoms with Gasteiger partial charge in [0.1, 0.15) is 18.1 Å². The zero-order valence-electron chi connectivity index (χ0n) is 22.8. The molecule has 2 aromatic carbocycles. The number of esters is 1. The average molecular weight is 564 g/mol. The van der Waals surface area contributed by atoms with Crippen LogP contribution in [-0.2, 0) is 25.7 Å². The summed E-state index contributed by atoms with van der Waals surface area (Å²) in [6.07, 6.45) is 2.12. The highest BCUT2D eigenvalue weighted by atomic mass is 32.2. The molecule has 210 valence electrons. The van der Waals surface area contributed by atoms with E-state index < -0.39 is 12.0 Å². The molecular formula is C30H33N3O6S. The molecule has 0 radical (unpaired) electrons. The van der Waals surface area contributed by atoms with E-state index >= 15 is 0 Å². The van der Waals surface area contributed by atoms with Gasteiger partial charge in [0, 0.05) is 24.4 Å². The fourth-order valence-electron chi connectivity index (χ4n) is 5.04. The first-order valence-electron chi connectivity index (χ1n) is 13.2. The number of carbonyl (C=O) groups is 2. The summed E-state index contributed by atoms with van der Waals surface area (Å²) < 4.78 is 22.7. The van der Waals surface area contributed by atoms with Gasteiger partial charge < -0.3 is 29.2 Å². The third kappa shape index (κ3) is 6.03. The molecule has 10 heteroatoms. The molecule has 1 amide bonds. The van der Waals surface area contributed by atoms with E-state index in [1.54, 1.807) is 27.2 Å². The third-order valence-corrected chi connectivity index (χ3v) is 7.95. The predicted molar refractivity (Wildman–Crippen MR) is 153 cm³/mol. The second-order valence-electron chi connectivity index (χ2n) is 9.68. The van der Waals surface area contributed by atoms with Crippen LogP contribution in [0, 0.1) is 0 Å². The molecule has 1 saturated heterocycles. The SMILES string of the molecule is COc1ccc(OC)c(C2C(C(=O)OCc3ccccc3)=C(C)N=C3SC=C(CC(=O)NCC4CCCO4)N32)c1. The highest BCUT2D eigenvalue weighted by Crippen LogP contribution is 2.47. The molecule has 3 aliphatic rings. The first-order valence-corrected chi connectivity index (χ1v) is 14.1. The minimum Gasteiger partial charge on any atom is -0.497 e. The molecule has 0 bridgehead atoms. The number of allylic oxidation sites excluding steroid dienone is 1. The Morgan fingerprint density at radius 3 is 2.70 bits per heavy atom. The van der Waals surface area contributed by atoms with Crippen LogP contribution in [0.3, 0.4) is 0 Å². The van der Waals surface area contributed by atoms with Crippen molar-refractivity contribution < 1.29 is 28.5 Å². The van der Waals surface area contributed by atoms with E-state index in [4.69, 9.17) is 23.9 Å². The van der Waals surface area contributed by atoms with Gasteiger partial charge >= 0.3 is 5.97 Å². The number of methoxy groups -OCH3 is 2. The lowest BCUT2D eigenvalue weighted by molar-refractivity contribution is -0.141. The lowest BCUT2D eigenvalue weighted by Gasteiger charge is -2.37. The van der Waals surface area contributed by atoms with Gasteiger partial charge in [0.2, 0.25) is 5.91 Å². The summed E-state index contributed by atoms with van der Waals surface area (Å²) in [5.41, 5.74) is 3.23. The molecule has 40 heavy (non-hydrogen) atoms. The van der Waals surface area contributed by atoms with E-state index in [-0.39, 0.29) is 25.0 Å². The molecule has 0 saturated carbocycles. The number of hydrogen-bond acceptors (Lipinski definition) is 9. The van der Waals surface area contributed by atoms with Crippen molar-refractivity contribution in [2.75, 3.05) is 27.4 Å². The van der Waals surface area contributed by atoms with E-state index in [1.165, 1.54) is 11.8 Å². The quantitative estimate of drug-likeness (QED) is 0.415. The van der Waals surface area contributed by atoms with Gasteiger partial charge in [-0.2, -0.15) is 0 Å². The Bertz CT molecular complexity index is 1350. The summed E-state index contributed by atoms with van der Waals surface area (Å²) in [5, 5.41) is 5.58. The van der Waals surface area contributed by atoms with E-state index in [2.05, 4.69) is 5.32 Å². The van der Waals surface area contributed by atoms with Crippen molar-refractivity contribution in [2.24, 2.45) is 4.99 Å². The van der Waals surface area contributed by atoms with Crippen LogP contribution in [0.25, 0.3) is 0 Å². The molecule has 0 aliphatic carbocycles. The number of nitrogens with one attached hydrogen (secondary N) is 1. The number of benzene rings is 2. The zero-order chi connectivity index (χ0) is 28.1. The molecule has 0 aromatic heterocycles. The van der Waals surface area contributed by atoms with Gasteiger partial charge in [0.15, 0.2) is 5.17 Å². The second kappa shape index (κ2) is 12.6. The highest BCUT2D eigenvalue weighted by Gasteiger charge is 2.42. The molecule has 2 unspecified atom stereocenters. The maximum atomic E-state index is 13.7. The topological polar surface area (TPSA) is 98.7 Å². The van der Waals surface area contributed by atoms with Crippen LogP contribution in [0.1, 0.15) is 43.4 Å². The summed E-state index contributed by atoms with van der Waals surface area (Å²) in [7, 11) is 3.17.